The molecule has 29 heavy (non-hydrogen) atoms. The molecule has 5 heteroatoms. The van der Waals surface area contributed by atoms with Gasteiger partial charge in [-0.3, -0.25) is 9.69 Å². The second-order valence-corrected chi connectivity index (χ2v) is 8.13. The Balaban J connectivity index is 1.22. The zero-order valence-corrected chi connectivity index (χ0v) is 17.1. The fourth-order valence-electron chi connectivity index (χ4n) is 4.31. The molecule has 0 saturated carbocycles. The van der Waals surface area contributed by atoms with Crippen molar-refractivity contribution in [2.24, 2.45) is 0 Å². The van der Waals surface area contributed by atoms with E-state index in [0.29, 0.717) is 19.5 Å². The zero-order valence-electron chi connectivity index (χ0n) is 17.1. The van der Waals surface area contributed by atoms with Gasteiger partial charge in [-0.25, -0.2) is 4.79 Å². The van der Waals surface area contributed by atoms with Gasteiger partial charge in [0.05, 0.1) is 0 Å². The molecule has 152 valence electrons. The molecule has 1 atom stereocenters. The lowest BCUT2D eigenvalue weighted by molar-refractivity contribution is -0.128. The summed E-state index contributed by atoms with van der Waals surface area (Å²) in [6, 6.07) is 18.2. The van der Waals surface area contributed by atoms with Gasteiger partial charge in [0.15, 0.2) is 0 Å². The summed E-state index contributed by atoms with van der Waals surface area (Å²) < 4.78 is 0. The van der Waals surface area contributed by atoms with Crippen molar-refractivity contribution in [1.82, 2.24) is 14.7 Å². The summed E-state index contributed by atoms with van der Waals surface area (Å²) in [5.74, 6) is -0.0260. The molecule has 0 aromatic heterocycles. The van der Waals surface area contributed by atoms with E-state index in [1.54, 1.807) is 4.90 Å². The number of hydrogen-bond donors (Lipinski definition) is 0. The maximum absolute atomic E-state index is 12.8. The van der Waals surface area contributed by atoms with Crippen molar-refractivity contribution in [2.75, 3.05) is 26.7 Å². The highest BCUT2D eigenvalue weighted by atomic mass is 16.2. The van der Waals surface area contributed by atoms with Crippen LogP contribution in [-0.4, -0.2) is 59.4 Å². The number of nitrogens with zero attached hydrogens (tertiary/aromatic N) is 3. The summed E-state index contributed by atoms with van der Waals surface area (Å²) in [4.78, 5) is 31.1. The van der Waals surface area contributed by atoms with Gasteiger partial charge in [-0.05, 0) is 49.5 Å². The van der Waals surface area contributed by atoms with Gasteiger partial charge in [0, 0.05) is 26.1 Å². The van der Waals surface area contributed by atoms with E-state index in [2.05, 4.69) is 48.3 Å². The van der Waals surface area contributed by atoms with Crippen LogP contribution in [0.5, 0.6) is 0 Å². The lowest BCUT2D eigenvalue weighted by atomic mass is 9.95. The molecule has 0 bridgehead atoms. The Hall–Kier alpha value is -2.66. The standard InChI is InChI=1S/C24H29N3O2/c1-25(16-13-19-9-3-2-4-10-19)14-7-8-15-26-23(28)22-17-20-11-5-6-12-21(20)18-27(22)24(26)29/h2-6,9-12,22H,7-8,13-18H2,1H3/t22-/m0/s1. The fourth-order valence-corrected chi connectivity index (χ4v) is 4.31. The number of carbonyl (C=O) groups is 2. The van der Waals surface area contributed by atoms with Crippen molar-refractivity contribution in [3.63, 3.8) is 0 Å². The average Bonchev–Trinajstić information content (AvgIpc) is 2.98. The third kappa shape index (κ3) is 4.35. The number of amides is 3. The summed E-state index contributed by atoms with van der Waals surface area (Å²) in [5.41, 5.74) is 3.70. The molecule has 2 heterocycles. The van der Waals surface area contributed by atoms with Crippen LogP contribution in [0.3, 0.4) is 0 Å². The van der Waals surface area contributed by atoms with Gasteiger partial charge in [-0.15, -0.1) is 0 Å². The second-order valence-electron chi connectivity index (χ2n) is 8.13. The van der Waals surface area contributed by atoms with Crippen LogP contribution in [0.2, 0.25) is 0 Å². The van der Waals surface area contributed by atoms with Crippen LogP contribution in [0.25, 0.3) is 0 Å². The molecule has 0 N–H and O–H groups in total. The number of imide groups is 1. The molecule has 2 aliphatic heterocycles. The molecule has 0 unspecified atom stereocenters. The van der Waals surface area contributed by atoms with Crippen molar-refractivity contribution in [2.45, 2.75) is 38.3 Å². The van der Waals surface area contributed by atoms with Crippen LogP contribution in [0, 0.1) is 0 Å². The molecule has 3 amide bonds. The van der Waals surface area contributed by atoms with Gasteiger partial charge >= 0.3 is 6.03 Å². The van der Waals surface area contributed by atoms with E-state index in [1.165, 1.54) is 16.0 Å². The largest absolute Gasteiger partial charge is 0.327 e. The quantitative estimate of drug-likeness (QED) is 0.512. The first-order valence-corrected chi connectivity index (χ1v) is 10.5. The molecule has 1 saturated heterocycles. The van der Waals surface area contributed by atoms with Gasteiger partial charge < -0.3 is 9.80 Å². The van der Waals surface area contributed by atoms with Crippen LogP contribution in [0.15, 0.2) is 54.6 Å². The van der Waals surface area contributed by atoms with Gasteiger partial charge in [0.25, 0.3) is 5.91 Å². The summed E-state index contributed by atoms with van der Waals surface area (Å²) in [5, 5.41) is 0. The highest BCUT2D eigenvalue weighted by Crippen LogP contribution is 2.30. The Morgan fingerprint density at radius 3 is 2.45 bits per heavy atom. The van der Waals surface area contributed by atoms with Gasteiger partial charge in [-0.2, -0.15) is 0 Å². The topological polar surface area (TPSA) is 43.9 Å². The van der Waals surface area contributed by atoms with Crippen molar-refractivity contribution in [1.29, 1.82) is 0 Å². The Morgan fingerprint density at radius 1 is 0.931 bits per heavy atom. The SMILES string of the molecule is CN(CCCCN1C(=O)[C@@H]2Cc3ccccc3CN2C1=O)CCc1ccccc1. The molecule has 4 rings (SSSR count). The molecule has 0 aliphatic carbocycles. The smallest absolute Gasteiger partial charge is 0.308 e. The molecule has 0 spiro atoms. The molecule has 2 aromatic rings. The molecule has 1 fully saturated rings. The van der Waals surface area contributed by atoms with Crippen LogP contribution >= 0.6 is 0 Å². The molecule has 0 radical (unpaired) electrons. The first kappa shape index (κ1) is 19.6. The van der Waals surface area contributed by atoms with E-state index in [-0.39, 0.29) is 18.0 Å². The number of fused-ring (bicyclic) bond motifs is 2. The van der Waals surface area contributed by atoms with Crippen molar-refractivity contribution in [3.8, 4) is 0 Å². The fraction of sp³-hybridized carbons (Fsp3) is 0.417. The van der Waals surface area contributed by atoms with Crippen molar-refractivity contribution in [3.05, 3.63) is 71.3 Å². The highest BCUT2D eigenvalue weighted by Gasteiger charge is 2.46. The minimum absolute atomic E-state index is 0.0260. The minimum atomic E-state index is -0.314. The number of urea groups is 1. The number of hydrogen-bond acceptors (Lipinski definition) is 3. The molecule has 2 aromatic carbocycles. The van der Waals surface area contributed by atoms with Gasteiger partial charge in [-0.1, -0.05) is 54.6 Å². The first-order valence-electron chi connectivity index (χ1n) is 10.5. The Labute approximate surface area is 172 Å². The van der Waals surface area contributed by atoms with E-state index < -0.39 is 0 Å². The lowest BCUT2D eigenvalue weighted by Crippen LogP contribution is -2.39. The molecule has 5 nitrogen and oxygen atoms in total. The van der Waals surface area contributed by atoms with E-state index in [4.69, 9.17) is 0 Å². The van der Waals surface area contributed by atoms with E-state index in [0.717, 1.165) is 37.9 Å². The van der Waals surface area contributed by atoms with Crippen LogP contribution in [-0.2, 0) is 24.2 Å². The molecular formula is C24H29N3O2. The second kappa shape index (κ2) is 8.78. The van der Waals surface area contributed by atoms with E-state index in [1.807, 2.05) is 18.2 Å². The first-order chi connectivity index (χ1) is 14.1. The minimum Gasteiger partial charge on any atom is -0.308 e. The highest BCUT2D eigenvalue weighted by molar-refractivity contribution is 6.04. The Bertz CT molecular complexity index is 824. The number of likely N-dealkylation sites (N-methyl/N-ethyl adjacent to an activating group) is 1. The van der Waals surface area contributed by atoms with Gasteiger partial charge in [0.2, 0.25) is 0 Å². The predicted molar refractivity (Wildman–Crippen MR) is 113 cm³/mol. The number of carbonyl (C=O) groups excluding carboxylic acids is 2. The Kier molecular flexibility index (Phi) is 5.95. The van der Waals surface area contributed by atoms with E-state index >= 15 is 0 Å². The van der Waals surface area contributed by atoms with E-state index in [9.17, 15) is 9.59 Å². The Morgan fingerprint density at radius 2 is 1.66 bits per heavy atom. The number of rotatable bonds is 8. The summed E-state index contributed by atoms with van der Waals surface area (Å²) in [6.07, 6.45) is 3.50. The summed E-state index contributed by atoms with van der Waals surface area (Å²) in [6.45, 7) is 3.05. The lowest BCUT2D eigenvalue weighted by Gasteiger charge is -2.28. The molecular weight excluding hydrogens is 362 g/mol. The third-order valence-corrected chi connectivity index (χ3v) is 6.07. The average molecular weight is 392 g/mol. The van der Waals surface area contributed by atoms with Crippen molar-refractivity contribution >= 4 is 11.9 Å². The monoisotopic (exact) mass is 391 g/mol. The molecule has 2 aliphatic rings. The zero-order chi connectivity index (χ0) is 20.2. The van der Waals surface area contributed by atoms with Crippen molar-refractivity contribution < 1.29 is 9.59 Å². The maximum Gasteiger partial charge on any atom is 0.327 e. The predicted octanol–water partition coefficient (Wildman–Crippen LogP) is 3.33. The summed E-state index contributed by atoms with van der Waals surface area (Å²) in [7, 11) is 2.13. The number of unbranched alkanes of at least 4 members (excludes halogenated alkanes) is 1. The van der Waals surface area contributed by atoms with Crippen LogP contribution < -0.4 is 0 Å². The van der Waals surface area contributed by atoms with Crippen LogP contribution in [0.1, 0.15) is 29.5 Å². The normalized spacial score (nSPS) is 18.3. The van der Waals surface area contributed by atoms with Crippen LogP contribution in [0.4, 0.5) is 4.79 Å². The third-order valence-electron chi connectivity index (χ3n) is 6.07. The maximum atomic E-state index is 12.8. The number of benzene rings is 2. The summed E-state index contributed by atoms with van der Waals surface area (Å²) >= 11 is 0. The van der Waals surface area contributed by atoms with Gasteiger partial charge in [0.1, 0.15) is 6.04 Å².